The van der Waals surface area contributed by atoms with Gasteiger partial charge in [-0.1, -0.05) is 12.1 Å². The fraction of sp³-hybridized carbons (Fsp3) is 0.333. The molecule has 25 heavy (non-hydrogen) atoms. The number of ether oxygens (including phenoxy) is 2. The molecule has 0 aliphatic heterocycles. The fourth-order valence-corrected chi connectivity index (χ4v) is 3.20. The molecular weight excluding hydrogens is 320 g/mol. The number of fused-ring (bicyclic) bond motifs is 2. The zero-order chi connectivity index (χ0) is 17.2. The van der Waals surface area contributed by atoms with Crippen molar-refractivity contribution < 1.29 is 14.3 Å². The fourth-order valence-electron chi connectivity index (χ4n) is 3.20. The summed E-state index contributed by atoms with van der Waals surface area (Å²) in [5.41, 5.74) is 3.14. The molecule has 4 rings (SSSR count). The van der Waals surface area contributed by atoms with Gasteiger partial charge in [0.15, 0.2) is 5.65 Å². The molecule has 0 spiro atoms. The Bertz CT molecular complexity index is 935. The first-order chi connectivity index (χ1) is 12.3. The summed E-state index contributed by atoms with van der Waals surface area (Å²) >= 11 is 0. The van der Waals surface area contributed by atoms with E-state index in [4.69, 9.17) is 4.74 Å². The molecule has 1 aliphatic carbocycles. The first-order valence-electron chi connectivity index (χ1n) is 8.28. The van der Waals surface area contributed by atoms with Crippen LogP contribution in [0, 0.1) is 0 Å². The Morgan fingerprint density at radius 2 is 2.12 bits per heavy atom. The summed E-state index contributed by atoms with van der Waals surface area (Å²) in [6.45, 7) is -0.00279. The standard InChI is InChI=1S/C18H18N4O3/c1-24-16(23)10-22-17-14(9-21-22)18(20-11-19-17)25-15-8-4-6-12-5-2-3-7-13(12)15/h4,6,8-9,11H,2-3,5,7,10H2,1H3. The van der Waals surface area contributed by atoms with Gasteiger partial charge in [0.05, 0.1) is 13.3 Å². The van der Waals surface area contributed by atoms with Gasteiger partial charge >= 0.3 is 5.97 Å². The Balaban J connectivity index is 1.70. The van der Waals surface area contributed by atoms with Crippen LogP contribution in [0.15, 0.2) is 30.7 Å². The van der Waals surface area contributed by atoms with Crippen molar-refractivity contribution in [1.29, 1.82) is 0 Å². The van der Waals surface area contributed by atoms with Crippen LogP contribution in [0.2, 0.25) is 0 Å². The molecule has 1 aromatic carbocycles. The second-order valence-corrected chi connectivity index (χ2v) is 6.00. The highest BCUT2D eigenvalue weighted by atomic mass is 16.5. The molecule has 2 heterocycles. The third-order valence-corrected chi connectivity index (χ3v) is 4.46. The van der Waals surface area contributed by atoms with Crippen LogP contribution in [-0.4, -0.2) is 32.8 Å². The predicted molar refractivity (Wildman–Crippen MR) is 90.5 cm³/mol. The molecule has 0 unspecified atom stereocenters. The molecule has 2 aromatic heterocycles. The van der Waals surface area contributed by atoms with Gasteiger partial charge in [0.25, 0.3) is 0 Å². The normalized spacial score (nSPS) is 13.5. The van der Waals surface area contributed by atoms with Crippen LogP contribution in [0.3, 0.4) is 0 Å². The van der Waals surface area contributed by atoms with E-state index in [2.05, 4.69) is 25.9 Å². The van der Waals surface area contributed by atoms with Crippen molar-refractivity contribution in [3.8, 4) is 11.6 Å². The quantitative estimate of drug-likeness (QED) is 0.681. The summed E-state index contributed by atoms with van der Waals surface area (Å²) in [6.07, 6.45) is 7.52. The predicted octanol–water partition coefficient (Wildman–Crippen LogP) is 2.67. The summed E-state index contributed by atoms with van der Waals surface area (Å²) < 4.78 is 12.3. The Kier molecular flexibility index (Phi) is 4.05. The number of methoxy groups -OCH3 is 1. The van der Waals surface area contributed by atoms with Gasteiger partial charge in [-0.25, -0.2) is 14.6 Å². The molecular formula is C18H18N4O3. The van der Waals surface area contributed by atoms with Crippen LogP contribution in [-0.2, 0) is 28.9 Å². The maximum absolute atomic E-state index is 11.5. The molecule has 0 saturated heterocycles. The number of aryl methyl sites for hydroxylation is 1. The van der Waals surface area contributed by atoms with E-state index in [9.17, 15) is 4.79 Å². The summed E-state index contributed by atoms with van der Waals surface area (Å²) in [6, 6.07) is 6.14. The smallest absolute Gasteiger partial charge is 0.327 e. The van der Waals surface area contributed by atoms with Gasteiger partial charge in [-0.15, -0.1) is 0 Å². The summed E-state index contributed by atoms with van der Waals surface area (Å²) in [7, 11) is 1.34. The van der Waals surface area contributed by atoms with Crippen molar-refractivity contribution in [2.24, 2.45) is 0 Å². The van der Waals surface area contributed by atoms with Gasteiger partial charge < -0.3 is 9.47 Å². The molecule has 7 nitrogen and oxygen atoms in total. The summed E-state index contributed by atoms with van der Waals surface area (Å²) in [5, 5.41) is 4.87. The first kappa shape index (κ1) is 15.6. The molecule has 0 saturated carbocycles. The lowest BCUT2D eigenvalue weighted by Crippen LogP contribution is -2.13. The molecule has 3 aromatic rings. The molecule has 1 aliphatic rings. The Morgan fingerprint density at radius 3 is 3.00 bits per heavy atom. The van der Waals surface area contributed by atoms with Crippen molar-refractivity contribution in [2.45, 2.75) is 32.2 Å². The molecule has 0 bridgehead atoms. The lowest BCUT2D eigenvalue weighted by molar-refractivity contribution is -0.141. The number of aromatic nitrogens is 4. The molecule has 0 amide bonds. The van der Waals surface area contributed by atoms with Gasteiger partial charge in [0.2, 0.25) is 5.88 Å². The van der Waals surface area contributed by atoms with Crippen LogP contribution >= 0.6 is 0 Å². The zero-order valence-corrected chi connectivity index (χ0v) is 13.9. The van der Waals surface area contributed by atoms with Crippen molar-refractivity contribution in [3.63, 3.8) is 0 Å². The number of benzene rings is 1. The van der Waals surface area contributed by atoms with Gasteiger partial charge in [-0.2, -0.15) is 5.10 Å². The lowest BCUT2D eigenvalue weighted by atomic mass is 9.91. The van der Waals surface area contributed by atoms with Crippen molar-refractivity contribution in [1.82, 2.24) is 19.7 Å². The second kappa shape index (κ2) is 6.51. The molecule has 0 N–H and O–H groups in total. The van der Waals surface area contributed by atoms with E-state index >= 15 is 0 Å². The summed E-state index contributed by atoms with van der Waals surface area (Å²) in [4.78, 5) is 20.0. The van der Waals surface area contributed by atoms with Crippen LogP contribution in [0.5, 0.6) is 11.6 Å². The highest BCUT2D eigenvalue weighted by molar-refractivity contribution is 5.81. The highest BCUT2D eigenvalue weighted by Crippen LogP contribution is 2.34. The molecule has 0 fully saturated rings. The van der Waals surface area contributed by atoms with Crippen LogP contribution in [0.1, 0.15) is 24.0 Å². The number of carbonyl (C=O) groups is 1. The van der Waals surface area contributed by atoms with E-state index in [-0.39, 0.29) is 12.5 Å². The number of carbonyl (C=O) groups excluding carboxylic acids is 1. The van der Waals surface area contributed by atoms with E-state index in [0.717, 1.165) is 18.6 Å². The number of esters is 1. The third kappa shape index (κ3) is 2.93. The molecule has 128 valence electrons. The largest absolute Gasteiger partial charge is 0.468 e. The van der Waals surface area contributed by atoms with Crippen LogP contribution in [0.4, 0.5) is 0 Å². The maximum atomic E-state index is 11.5. The first-order valence-corrected chi connectivity index (χ1v) is 8.28. The van der Waals surface area contributed by atoms with Gasteiger partial charge in [-0.3, -0.25) is 4.79 Å². The lowest BCUT2D eigenvalue weighted by Gasteiger charge is -2.19. The minimum Gasteiger partial charge on any atom is -0.468 e. The van der Waals surface area contributed by atoms with Crippen molar-refractivity contribution >= 4 is 17.0 Å². The topological polar surface area (TPSA) is 79.1 Å². The number of hydrogen-bond donors (Lipinski definition) is 0. The average molecular weight is 338 g/mol. The minimum absolute atomic E-state index is 0.00279. The maximum Gasteiger partial charge on any atom is 0.327 e. The number of rotatable bonds is 4. The van der Waals surface area contributed by atoms with Crippen molar-refractivity contribution in [2.75, 3.05) is 7.11 Å². The SMILES string of the molecule is COC(=O)Cn1ncc2c(Oc3cccc4c3CCCC4)ncnc21. The number of nitrogens with zero attached hydrogens (tertiary/aromatic N) is 4. The van der Waals surface area contributed by atoms with E-state index in [1.807, 2.05) is 12.1 Å². The molecule has 0 radical (unpaired) electrons. The van der Waals surface area contributed by atoms with E-state index < -0.39 is 0 Å². The van der Waals surface area contributed by atoms with E-state index in [1.54, 1.807) is 6.20 Å². The Hall–Kier alpha value is -2.96. The van der Waals surface area contributed by atoms with Crippen LogP contribution < -0.4 is 4.74 Å². The van der Waals surface area contributed by atoms with Gasteiger partial charge in [0, 0.05) is 0 Å². The highest BCUT2D eigenvalue weighted by Gasteiger charge is 2.17. The molecule has 7 heteroatoms. The van der Waals surface area contributed by atoms with Crippen LogP contribution in [0.25, 0.3) is 11.0 Å². The van der Waals surface area contributed by atoms with Gasteiger partial charge in [-0.05, 0) is 42.9 Å². The summed E-state index contributed by atoms with van der Waals surface area (Å²) in [5.74, 6) is 0.890. The third-order valence-electron chi connectivity index (χ3n) is 4.46. The zero-order valence-electron chi connectivity index (χ0n) is 13.9. The van der Waals surface area contributed by atoms with Crippen molar-refractivity contribution in [3.05, 3.63) is 41.9 Å². The Morgan fingerprint density at radius 1 is 1.24 bits per heavy atom. The average Bonchev–Trinajstić information content (AvgIpc) is 3.06. The monoisotopic (exact) mass is 338 g/mol. The molecule has 0 atom stereocenters. The minimum atomic E-state index is -0.386. The second-order valence-electron chi connectivity index (χ2n) is 6.00. The number of hydrogen-bond acceptors (Lipinski definition) is 6. The van der Waals surface area contributed by atoms with Gasteiger partial charge in [0.1, 0.15) is 24.0 Å². The van der Waals surface area contributed by atoms with E-state index in [1.165, 1.54) is 42.1 Å². The Labute approximate surface area is 144 Å². The van der Waals surface area contributed by atoms with E-state index in [0.29, 0.717) is 16.9 Å².